The summed E-state index contributed by atoms with van der Waals surface area (Å²) in [7, 11) is 0. The van der Waals surface area contributed by atoms with E-state index in [0.717, 1.165) is 32.1 Å². The van der Waals surface area contributed by atoms with Crippen molar-refractivity contribution in [1.29, 1.82) is 0 Å². The van der Waals surface area contributed by atoms with Crippen molar-refractivity contribution < 1.29 is 9.90 Å². The van der Waals surface area contributed by atoms with Crippen molar-refractivity contribution in [1.82, 2.24) is 5.32 Å². The molecule has 4 heteroatoms. The number of rotatable bonds is 4. The molecule has 1 unspecified atom stereocenters. The fourth-order valence-corrected chi connectivity index (χ4v) is 2.08. The van der Waals surface area contributed by atoms with E-state index in [-0.39, 0.29) is 24.5 Å². The molecule has 1 aliphatic carbocycles. The van der Waals surface area contributed by atoms with E-state index < -0.39 is 5.54 Å². The molecule has 4 nitrogen and oxygen atoms in total. The van der Waals surface area contributed by atoms with Gasteiger partial charge in [0.25, 0.3) is 0 Å². The van der Waals surface area contributed by atoms with Crippen LogP contribution in [0, 0.1) is 5.92 Å². The maximum absolute atomic E-state index is 11.9. The first kappa shape index (κ1) is 13.5. The van der Waals surface area contributed by atoms with Gasteiger partial charge in [0.1, 0.15) is 0 Å². The Kier molecular flexibility index (Phi) is 4.74. The third kappa shape index (κ3) is 3.46. The first-order chi connectivity index (χ1) is 7.50. The van der Waals surface area contributed by atoms with Crippen LogP contribution in [0.5, 0.6) is 0 Å². The van der Waals surface area contributed by atoms with Gasteiger partial charge in [0, 0.05) is 17.5 Å². The standard InChI is InChI=1S/C12H24N2O2/c1-3-9(2)14-11(16)10-4-6-12(13,8-15)7-5-10/h9-10,15H,3-8,13H2,1-2H3,(H,14,16). The van der Waals surface area contributed by atoms with Gasteiger partial charge in [-0.1, -0.05) is 6.92 Å². The van der Waals surface area contributed by atoms with Crippen LogP contribution in [0.2, 0.25) is 0 Å². The minimum atomic E-state index is -0.451. The highest BCUT2D eigenvalue weighted by molar-refractivity contribution is 5.79. The lowest BCUT2D eigenvalue weighted by atomic mass is 9.77. The van der Waals surface area contributed by atoms with Crippen LogP contribution < -0.4 is 11.1 Å². The summed E-state index contributed by atoms with van der Waals surface area (Å²) >= 11 is 0. The van der Waals surface area contributed by atoms with E-state index >= 15 is 0 Å². The molecule has 1 saturated carbocycles. The fourth-order valence-electron chi connectivity index (χ4n) is 2.08. The van der Waals surface area contributed by atoms with E-state index in [4.69, 9.17) is 10.8 Å². The van der Waals surface area contributed by atoms with Gasteiger partial charge in [0.15, 0.2) is 0 Å². The summed E-state index contributed by atoms with van der Waals surface area (Å²) in [5.41, 5.74) is 5.52. The van der Waals surface area contributed by atoms with Crippen molar-refractivity contribution in [2.75, 3.05) is 6.61 Å². The van der Waals surface area contributed by atoms with Crippen molar-refractivity contribution >= 4 is 5.91 Å². The molecule has 4 N–H and O–H groups in total. The third-order valence-corrected chi connectivity index (χ3v) is 3.67. The van der Waals surface area contributed by atoms with Crippen molar-refractivity contribution in [2.45, 2.75) is 57.5 Å². The number of amides is 1. The average Bonchev–Trinajstić information content (AvgIpc) is 2.29. The molecule has 0 aromatic carbocycles. The number of carbonyl (C=O) groups excluding carboxylic acids is 1. The molecular formula is C12H24N2O2. The minimum absolute atomic E-state index is 0.0205. The summed E-state index contributed by atoms with van der Waals surface area (Å²) < 4.78 is 0. The molecule has 0 spiro atoms. The molecule has 1 rings (SSSR count). The maximum atomic E-state index is 11.9. The summed E-state index contributed by atoms with van der Waals surface area (Å²) in [4.78, 5) is 11.9. The van der Waals surface area contributed by atoms with Gasteiger partial charge >= 0.3 is 0 Å². The minimum Gasteiger partial charge on any atom is -0.394 e. The molecule has 94 valence electrons. The van der Waals surface area contributed by atoms with Crippen molar-refractivity contribution in [3.05, 3.63) is 0 Å². The van der Waals surface area contributed by atoms with E-state index in [0.29, 0.717) is 0 Å². The van der Waals surface area contributed by atoms with Crippen LogP contribution in [-0.2, 0) is 4.79 Å². The van der Waals surface area contributed by atoms with Gasteiger partial charge in [0.2, 0.25) is 5.91 Å². The summed E-state index contributed by atoms with van der Waals surface area (Å²) in [6.07, 6.45) is 4.01. The van der Waals surface area contributed by atoms with Gasteiger partial charge in [-0.3, -0.25) is 4.79 Å². The Hall–Kier alpha value is -0.610. The van der Waals surface area contributed by atoms with E-state index in [1.807, 2.05) is 6.92 Å². The summed E-state index contributed by atoms with van der Waals surface area (Å²) in [6, 6.07) is 0.245. The predicted octanol–water partition coefficient (Wildman–Crippen LogP) is 0.781. The Morgan fingerprint density at radius 2 is 2.12 bits per heavy atom. The predicted molar refractivity (Wildman–Crippen MR) is 63.9 cm³/mol. The van der Waals surface area contributed by atoms with Crippen LogP contribution >= 0.6 is 0 Å². The lowest BCUT2D eigenvalue weighted by Crippen LogP contribution is -2.49. The van der Waals surface area contributed by atoms with Crippen LogP contribution in [0.1, 0.15) is 46.0 Å². The van der Waals surface area contributed by atoms with Gasteiger partial charge in [0.05, 0.1) is 6.61 Å². The van der Waals surface area contributed by atoms with Crippen LogP contribution in [0.25, 0.3) is 0 Å². The van der Waals surface area contributed by atoms with Gasteiger partial charge < -0.3 is 16.2 Å². The molecule has 0 bridgehead atoms. The Balaban J connectivity index is 2.39. The fraction of sp³-hybridized carbons (Fsp3) is 0.917. The van der Waals surface area contributed by atoms with Crippen LogP contribution in [0.15, 0.2) is 0 Å². The quantitative estimate of drug-likeness (QED) is 0.665. The molecule has 1 amide bonds. The number of aliphatic hydroxyl groups excluding tert-OH is 1. The number of carbonyl (C=O) groups is 1. The van der Waals surface area contributed by atoms with E-state index in [9.17, 15) is 4.79 Å². The van der Waals surface area contributed by atoms with Crippen LogP contribution in [0.4, 0.5) is 0 Å². The summed E-state index contributed by atoms with van der Waals surface area (Å²) in [5.74, 6) is 0.228. The van der Waals surface area contributed by atoms with Crippen molar-refractivity contribution in [3.63, 3.8) is 0 Å². The second-order valence-electron chi connectivity index (χ2n) is 5.11. The van der Waals surface area contributed by atoms with Crippen LogP contribution in [-0.4, -0.2) is 29.2 Å². The van der Waals surface area contributed by atoms with Gasteiger partial charge in [-0.25, -0.2) is 0 Å². The molecule has 0 aromatic heterocycles. The number of hydrogen-bond acceptors (Lipinski definition) is 3. The van der Waals surface area contributed by atoms with E-state index in [1.165, 1.54) is 0 Å². The summed E-state index contributed by atoms with van der Waals surface area (Å²) in [5, 5.41) is 12.1. The molecule has 16 heavy (non-hydrogen) atoms. The molecule has 0 heterocycles. The molecule has 0 saturated heterocycles. The molecule has 1 aliphatic rings. The van der Waals surface area contributed by atoms with E-state index in [2.05, 4.69) is 12.2 Å². The first-order valence-corrected chi connectivity index (χ1v) is 6.21. The molecule has 0 radical (unpaired) electrons. The monoisotopic (exact) mass is 228 g/mol. The number of aliphatic hydroxyl groups is 1. The third-order valence-electron chi connectivity index (χ3n) is 3.67. The Morgan fingerprint density at radius 1 is 1.56 bits per heavy atom. The lowest BCUT2D eigenvalue weighted by molar-refractivity contribution is -0.127. The second-order valence-corrected chi connectivity index (χ2v) is 5.11. The molecule has 1 atom stereocenters. The number of nitrogens with two attached hydrogens (primary N) is 1. The lowest BCUT2D eigenvalue weighted by Gasteiger charge is -2.35. The second kappa shape index (κ2) is 5.64. The zero-order valence-corrected chi connectivity index (χ0v) is 10.3. The Morgan fingerprint density at radius 3 is 2.56 bits per heavy atom. The van der Waals surface area contributed by atoms with Crippen LogP contribution in [0.3, 0.4) is 0 Å². The van der Waals surface area contributed by atoms with Gasteiger partial charge in [-0.2, -0.15) is 0 Å². The SMILES string of the molecule is CCC(C)NC(=O)C1CCC(N)(CO)CC1. The summed E-state index contributed by atoms with van der Waals surface area (Å²) in [6.45, 7) is 4.09. The molecule has 1 fully saturated rings. The van der Waals surface area contributed by atoms with E-state index in [1.54, 1.807) is 0 Å². The van der Waals surface area contributed by atoms with Gasteiger partial charge in [-0.05, 0) is 39.0 Å². The maximum Gasteiger partial charge on any atom is 0.223 e. The Labute approximate surface area is 97.6 Å². The molecule has 0 aromatic rings. The normalized spacial score (nSPS) is 32.1. The number of hydrogen-bond donors (Lipinski definition) is 3. The first-order valence-electron chi connectivity index (χ1n) is 6.21. The van der Waals surface area contributed by atoms with Gasteiger partial charge in [-0.15, -0.1) is 0 Å². The Bertz CT molecular complexity index is 235. The highest BCUT2D eigenvalue weighted by Gasteiger charge is 2.33. The average molecular weight is 228 g/mol. The molecular weight excluding hydrogens is 204 g/mol. The van der Waals surface area contributed by atoms with Crippen molar-refractivity contribution in [2.24, 2.45) is 11.7 Å². The number of nitrogens with one attached hydrogen (secondary N) is 1. The zero-order valence-electron chi connectivity index (χ0n) is 10.3. The topological polar surface area (TPSA) is 75.4 Å². The zero-order chi connectivity index (χ0) is 12.2. The smallest absolute Gasteiger partial charge is 0.223 e. The molecule has 0 aliphatic heterocycles. The highest BCUT2D eigenvalue weighted by Crippen LogP contribution is 2.30. The largest absolute Gasteiger partial charge is 0.394 e. The highest BCUT2D eigenvalue weighted by atomic mass is 16.3. The van der Waals surface area contributed by atoms with Crippen molar-refractivity contribution in [3.8, 4) is 0 Å².